The lowest BCUT2D eigenvalue weighted by Crippen LogP contribution is -2.42. The molecule has 21 heavy (non-hydrogen) atoms. The van der Waals surface area contributed by atoms with Crippen LogP contribution in [0.2, 0.25) is 0 Å². The van der Waals surface area contributed by atoms with Gasteiger partial charge in [0, 0.05) is 12.3 Å². The third-order valence-corrected chi connectivity index (χ3v) is 5.28. The van der Waals surface area contributed by atoms with Gasteiger partial charge in [-0.05, 0) is 37.8 Å². The minimum absolute atomic E-state index is 0.0950. The number of hydrogen-bond acceptors (Lipinski definition) is 5. The van der Waals surface area contributed by atoms with Crippen LogP contribution >= 0.6 is 11.8 Å². The first-order valence-electron chi connectivity index (χ1n) is 6.14. The second-order valence-corrected chi connectivity index (χ2v) is 7.64. The average molecular weight is 333 g/mol. The first kappa shape index (κ1) is 18.0. The maximum Gasteiger partial charge on any atom is 0.335 e. The second kappa shape index (κ2) is 6.78. The molecular formula is C13H19NO5S2. The highest BCUT2D eigenvalue weighted by atomic mass is 32.2. The van der Waals surface area contributed by atoms with Crippen LogP contribution in [0.5, 0.6) is 0 Å². The average Bonchev–Trinajstić information content (AvgIpc) is 2.36. The number of carboxylic acids is 1. The zero-order valence-corrected chi connectivity index (χ0v) is 13.7. The summed E-state index contributed by atoms with van der Waals surface area (Å²) in [5, 5.41) is 18.9. The number of aryl methyl sites for hydroxylation is 1. The predicted octanol–water partition coefficient (Wildman–Crippen LogP) is 1.09. The lowest BCUT2D eigenvalue weighted by atomic mass is 10.1. The molecule has 0 spiro atoms. The van der Waals surface area contributed by atoms with Gasteiger partial charge in [0.15, 0.2) is 0 Å². The quantitative estimate of drug-likeness (QED) is 0.690. The Kier molecular flexibility index (Phi) is 5.80. The third-order valence-electron chi connectivity index (χ3n) is 2.82. The summed E-state index contributed by atoms with van der Waals surface area (Å²) in [6, 6.07) is 3.90. The normalized spacial score (nSPS) is 14.7. The van der Waals surface area contributed by atoms with E-state index in [1.807, 2.05) is 6.26 Å². The molecule has 1 rings (SSSR count). The molecule has 1 aromatic carbocycles. The summed E-state index contributed by atoms with van der Waals surface area (Å²) in [6.45, 7) is 2.97. The van der Waals surface area contributed by atoms with Crippen LogP contribution in [-0.4, -0.2) is 48.8 Å². The van der Waals surface area contributed by atoms with E-state index in [1.54, 1.807) is 6.92 Å². The van der Waals surface area contributed by atoms with Crippen LogP contribution in [0.25, 0.3) is 0 Å². The molecule has 0 fully saturated rings. The van der Waals surface area contributed by atoms with Crippen LogP contribution in [0.4, 0.5) is 0 Å². The van der Waals surface area contributed by atoms with Crippen LogP contribution in [0.15, 0.2) is 23.1 Å². The summed E-state index contributed by atoms with van der Waals surface area (Å²) in [7, 11) is -3.88. The number of aliphatic hydroxyl groups is 1. The molecular weight excluding hydrogens is 314 g/mol. The fourth-order valence-corrected chi connectivity index (χ4v) is 3.87. The smallest absolute Gasteiger partial charge is 0.335 e. The zero-order chi connectivity index (χ0) is 16.3. The highest BCUT2D eigenvalue weighted by Crippen LogP contribution is 2.18. The van der Waals surface area contributed by atoms with Gasteiger partial charge in [0.1, 0.15) is 0 Å². The van der Waals surface area contributed by atoms with Crippen molar-refractivity contribution in [2.45, 2.75) is 24.3 Å². The maximum absolute atomic E-state index is 12.3. The van der Waals surface area contributed by atoms with Crippen LogP contribution in [0.3, 0.4) is 0 Å². The van der Waals surface area contributed by atoms with Crippen molar-refractivity contribution >= 4 is 27.8 Å². The first-order valence-corrected chi connectivity index (χ1v) is 9.02. The molecule has 1 unspecified atom stereocenters. The highest BCUT2D eigenvalue weighted by molar-refractivity contribution is 7.98. The van der Waals surface area contributed by atoms with E-state index in [0.29, 0.717) is 11.3 Å². The predicted molar refractivity (Wildman–Crippen MR) is 82.3 cm³/mol. The molecule has 6 nitrogen and oxygen atoms in total. The maximum atomic E-state index is 12.3. The standard InChI is InChI=1S/C13H19NO5S2/c1-9-4-5-10(12(15)16)6-11(9)21(18,19)14-7-13(2,17)8-20-3/h4-6,14,17H,7-8H2,1-3H3,(H,15,16). The molecule has 1 atom stereocenters. The van der Waals surface area contributed by atoms with Crippen molar-refractivity contribution in [1.29, 1.82) is 0 Å². The van der Waals surface area contributed by atoms with Gasteiger partial charge in [-0.1, -0.05) is 6.07 Å². The number of nitrogens with one attached hydrogen (secondary N) is 1. The molecule has 0 aliphatic carbocycles. The van der Waals surface area contributed by atoms with Crippen molar-refractivity contribution in [1.82, 2.24) is 4.72 Å². The number of benzene rings is 1. The summed E-state index contributed by atoms with van der Waals surface area (Å²) in [5.41, 5.74) is -0.834. The van der Waals surface area contributed by atoms with Gasteiger partial charge in [-0.15, -0.1) is 0 Å². The molecule has 0 saturated carbocycles. The molecule has 0 amide bonds. The van der Waals surface area contributed by atoms with Crippen molar-refractivity contribution in [2.24, 2.45) is 0 Å². The highest BCUT2D eigenvalue weighted by Gasteiger charge is 2.25. The Morgan fingerprint density at radius 1 is 1.43 bits per heavy atom. The van der Waals surface area contributed by atoms with Gasteiger partial charge in [-0.2, -0.15) is 11.8 Å². The molecule has 0 aliphatic heterocycles. The van der Waals surface area contributed by atoms with E-state index < -0.39 is 21.6 Å². The van der Waals surface area contributed by atoms with Crippen molar-refractivity contribution < 1.29 is 23.4 Å². The number of aromatic carboxylic acids is 1. The number of carboxylic acid groups (broad SMARTS) is 1. The second-order valence-electron chi connectivity index (χ2n) is 5.04. The van der Waals surface area contributed by atoms with Crippen molar-refractivity contribution in [2.75, 3.05) is 18.6 Å². The van der Waals surface area contributed by atoms with E-state index >= 15 is 0 Å². The minimum Gasteiger partial charge on any atom is -0.478 e. The summed E-state index contributed by atoms with van der Waals surface area (Å²) in [6.07, 6.45) is 1.81. The van der Waals surface area contributed by atoms with Crippen LogP contribution in [-0.2, 0) is 10.0 Å². The zero-order valence-electron chi connectivity index (χ0n) is 12.1. The molecule has 0 bridgehead atoms. The Bertz CT molecular complexity index is 625. The molecule has 8 heteroatoms. The Hall–Kier alpha value is -1.09. The van der Waals surface area contributed by atoms with E-state index in [9.17, 15) is 18.3 Å². The topological polar surface area (TPSA) is 104 Å². The van der Waals surface area contributed by atoms with E-state index in [0.717, 1.165) is 6.07 Å². The van der Waals surface area contributed by atoms with Gasteiger partial charge in [0.05, 0.1) is 16.1 Å². The largest absolute Gasteiger partial charge is 0.478 e. The summed E-state index contributed by atoms with van der Waals surface area (Å²) < 4.78 is 26.8. The first-order chi connectivity index (χ1) is 9.59. The number of thioether (sulfide) groups is 1. The summed E-state index contributed by atoms with van der Waals surface area (Å²) >= 11 is 1.40. The Balaban J connectivity index is 3.03. The monoisotopic (exact) mass is 333 g/mol. The third kappa shape index (κ3) is 4.99. The van der Waals surface area contributed by atoms with Gasteiger partial charge >= 0.3 is 5.97 Å². The lowest BCUT2D eigenvalue weighted by Gasteiger charge is -2.22. The number of rotatable bonds is 7. The SMILES string of the molecule is CSCC(C)(O)CNS(=O)(=O)c1cc(C(=O)O)ccc1C. The van der Waals surface area contributed by atoms with E-state index in [2.05, 4.69) is 4.72 Å². The van der Waals surface area contributed by atoms with Gasteiger partial charge in [-0.3, -0.25) is 0 Å². The van der Waals surface area contributed by atoms with Crippen molar-refractivity contribution in [3.05, 3.63) is 29.3 Å². The molecule has 0 saturated heterocycles. The van der Waals surface area contributed by atoms with Crippen LogP contribution < -0.4 is 4.72 Å². The Morgan fingerprint density at radius 2 is 2.05 bits per heavy atom. The number of sulfonamides is 1. The number of carbonyl (C=O) groups is 1. The molecule has 3 N–H and O–H groups in total. The van der Waals surface area contributed by atoms with E-state index in [1.165, 1.54) is 30.8 Å². The molecule has 0 heterocycles. The van der Waals surface area contributed by atoms with Crippen LogP contribution in [0.1, 0.15) is 22.8 Å². The van der Waals surface area contributed by atoms with Gasteiger partial charge in [-0.25, -0.2) is 17.9 Å². The van der Waals surface area contributed by atoms with E-state index in [4.69, 9.17) is 5.11 Å². The molecule has 0 aliphatic rings. The minimum atomic E-state index is -3.88. The summed E-state index contributed by atoms with van der Waals surface area (Å²) in [5.74, 6) is -0.815. The Labute approximate surface area is 128 Å². The van der Waals surface area contributed by atoms with Crippen molar-refractivity contribution in [3.8, 4) is 0 Å². The Morgan fingerprint density at radius 3 is 2.57 bits per heavy atom. The van der Waals surface area contributed by atoms with Crippen LogP contribution in [0, 0.1) is 6.92 Å². The fourth-order valence-electron chi connectivity index (χ4n) is 1.71. The fraction of sp³-hybridized carbons (Fsp3) is 0.462. The van der Waals surface area contributed by atoms with E-state index in [-0.39, 0.29) is 17.0 Å². The lowest BCUT2D eigenvalue weighted by molar-refractivity contribution is 0.0696. The van der Waals surface area contributed by atoms with Gasteiger partial charge in [0.25, 0.3) is 0 Å². The molecule has 0 radical (unpaired) electrons. The number of hydrogen-bond donors (Lipinski definition) is 3. The summed E-state index contributed by atoms with van der Waals surface area (Å²) in [4.78, 5) is 10.8. The molecule has 118 valence electrons. The molecule has 1 aromatic rings. The molecule has 0 aromatic heterocycles. The van der Waals surface area contributed by atoms with Gasteiger partial charge in [0.2, 0.25) is 10.0 Å². The van der Waals surface area contributed by atoms with Gasteiger partial charge < -0.3 is 10.2 Å². The van der Waals surface area contributed by atoms with Crippen molar-refractivity contribution in [3.63, 3.8) is 0 Å².